The van der Waals surface area contributed by atoms with Gasteiger partial charge in [-0.1, -0.05) is 85.6 Å². The molecule has 0 saturated carbocycles. The minimum atomic E-state index is -1.71. The number of amides is 2. The fourth-order valence-corrected chi connectivity index (χ4v) is 4.63. The van der Waals surface area contributed by atoms with Gasteiger partial charge in [-0.25, -0.2) is 0 Å². The van der Waals surface area contributed by atoms with Gasteiger partial charge >= 0.3 is 0 Å². The third-order valence-electron chi connectivity index (χ3n) is 6.42. The molecule has 36 heavy (non-hydrogen) atoms. The van der Waals surface area contributed by atoms with Gasteiger partial charge in [0, 0.05) is 35.7 Å². The second-order valence-electron chi connectivity index (χ2n) is 8.94. The molecule has 1 heterocycles. The molecule has 0 aliphatic carbocycles. The highest BCUT2D eigenvalue weighted by molar-refractivity contribution is 6.31. The number of nitrogens with zero attached hydrogens (tertiary/aromatic N) is 1. The number of carbonyl (C=O) groups excluding carboxylic acids is 3. The first-order chi connectivity index (χ1) is 17.5. The highest BCUT2D eigenvalue weighted by atomic mass is 35.5. The number of likely N-dealkylation sites (tertiary alicyclic amines) is 1. The molecule has 1 N–H and O–H groups in total. The Morgan fingerprint density at radius 1 is 0.972 bits per heavy atom. The Morgan fingerprint density at radius 3 is 2.25 bits per heavy atom. The second-order valence-corrected chi connectivity index (χ2v) is 9.38. The topological polar surface area (TPSA) is 66.5 Å². The van der Waals surface area contributed by atoms with Crippen molar-refractivity contribution in [3.63, 3.8) is 0 Å². The van der Waals surface area contributed by atoms with E-state index >= 15 is 0 Å². The summed E-state index contributed by atoms with van der Waals surface area (Å²) in [6, 6.07) is 25.3. The number of nitrogens with one attached hydrogen (secondary N) is 1. The Morgan fingerprint density at radius 2 is 1.61 bits per heavy atom. The number of Topliss-reactive ketones (excluding diaryl/α,β-unsaturated/α-hetero) is 1. The maximum Gasteiger partial charge on any atom is 0.254 e. The van der Waals surface area contributed by atoms with E-state index < -0.39 is 17.2 Å². The van der Waals surface area contributed by atoms with E-state index in [-0.39, 0.29) is 18.9 Å². The van der Waals surface area contributed by atoms with Gasteiger partial charge in [0.15, 0.2) is 11.3 Å². The maximum absolute atomic E-state index is 14.2. The molecule has 6 heteroatoms. The van der Waals surface area contributed by atoms with Crippen LogP contribution in [0.3, 0.4) is 0 Å². The number of ketones is 1. The average molecular weight is 501 g/mol. The van der Waals surface area contributed by atoms with Crippen molar-refractivity contribution in [2.45, 2.75) is 38.3 Å². The molecular formula is C30H29ClN2O3. The van der Waals surface area contributed by atoms with Crippen LogP contribution in [0.25, 0.3) is 6.08 Å². The van der Waals surface area contributed by atoms with Crippen molar-refractivity contribution in [2.75, 3.05) is 6.54 Å². The molecule has 1 atom stereocenters. The van der Waals surface area contributed by atoms with E-state index in [1.54, 1.807) is 30.3 Å². The second kappa shape index (κ2) is 11.4. The lowest BCUT2D eigenvalue weighted by Crippen LogP contribution is -2.61. The molecule has 2 amide bonds. The molecule has 0 aromatic heterocycles. The molecule has 1 unspecified atom stereocenters. The Hall–Kier alpha value is -3.70. The van der Waals surface area contributed by atoms with Gasteiger partial charge in [-0.3, -0.25) is 14.4 Å². The summed E-state index contributed by atoms with van der Waals surface area (Å²) in [7, 11) is 0. The van der Waals surface area contributed by atoms with E-state index in [9.17, 15) is 14.4 Å². The molecule has 4 rings (SSSR count). The van der Waals surface area contributed by atoms with Crippen LogP contribution in [0.15, 0.2) is 90.5 Å². The normalized spacial score (nSPS) is 18.4. The summed E-state index contributed by atoms with van der Waals surface area (Å²) in [5.41, 5.74) is 0.708. The van der Waals surface area contributed by atoms with E-state index in [0.29, 0.717) is 22.7 Å². The highest BCUT2D eigenvalue weighted by Gasteiger charge is 2.58. The zero-order valence-electron chi connectivity index (χ0n) is 20.2. The molecule has 0 spiro atoms. The van der Waals surface area contributed by atoms with Crippen molar-refractivity contribution in [3.05, 3.63) is 112 Å². The van der Waals surface area contributed by atoms with Crippen LogP contribution in [0.5, 0.6) is 0 Å². The first kappa shape index (κ1) is 25.4. The largest absolute Gasteiger partial charge is 0.354 e. The molecule has 3 aromatic carbocycles. The van der Waals surface area contributed by atoms with Crippen LogP contribution >= 0.6 is 11.6 Å². The smallest absolute Gasteiger partial charge is 0.254 e. The SMILES string of the molecule is CCCCNC(=O)C1(C(=O)c2ccc(Cl)cc2)C/C(=C\c2ccccc2)C(=O)N1Cc1ccccc1. The molecule has 1 fully saturated rings. The number of benzene rings is 3. The van der Waals surface area contributed by atoms with Crippen LogP contribution in [0.1, 0.15) is 47.7 Å². The Balaban J connectivity index is 1.85. The van der Waals surface area contributed by atoms with Crippen LogP contribution < -0.4 is 5.32 Å². The van der Waals surface area contributed by atoms with Gasteiger partial charge < -0.3 is 10.2 Å². The van der Waals surface area contributed by atoms with E-state index in [1.165, 1.54) is 4.90 Å². The Labute approximate surface area is 216 Å². The summed E-state index contributed by atoms with van der Waals surface area (Å²) in [6.45, 7) is 2.59. The van der Waals surface area contributed by atoms with Crippen molar-refractivity contribution < 1.29 is 14.4 Å². The van der Waals surface area contributed by atoms with E-state index in [4.69, 9.17) is 11.6 Å². The minimum absolute atomic E-state index is 0.0209. The number of halogens is 1. The van der Waals surface area contributed by atoms with E-state index in [0.717, 1.165) is 24.0 Å². The fourth-order valence-electron chi connectivity index (χ4n) is 4.50. The first-order valence-corrected chi connectivity index (χ1v) is 12.5. The van der Waals surface area contributed by atoms with Crippen LogP contribution in [-0.4, -0.2) is 34.6 Å². The number of hydrogen-bond donors (Lipinski definition) is 1. The van der Waals surface area contributed by atoms with Crippen molar-refractivity contribution >= 4 is 35.3 Å². The molecule has 0 radical (unpaired) electrons. The number of hydrogen-bond acceptors (Lipinski definition) is 3. The maximum atomic E-state index is 14.2. The van der Waals surface area contributed by atoms with Gasteiger partial charge in [0.1, 0.15) is 0 Å². The zero-order chi connectivity index (χ0) is 25.5. The molecule has 1 saturated heterocycles. The van der Waals surface area contributed by atoms with Crippen LogP contribution in [0.2, 0.25) is 5.02 Å². The van der Waals surface area contributed by atoms with Crippen molar-refractivity contribution in [3.8, 4) is 0 Å². The fraction of sp³-hybridized carbons (Fsp3) is 0.233. The molecule has 0 bridgehead atoms. The predicted molar refractivity (Wildman–Crippen MR) is 142 cm³/mol. The lowest BCUT2D eigenvalue weighted by atomic mass is 9.84. The summed E-state index contributed by atoms with van der Waals surface area (Å²) >= 11 is 6.07. The minimum Gasteiger partial charge on any atom is -0.354 e. The standard InChI is InChI=1S/C30H29ClN2O3/c1-2-3-18-32-29(36)30(27(34)24-14-16-26(31)17-15-24)20-25(19-22-10-6-4-7-11-22)28(35)33(30)21-23-12-8-5-9-13-23/h4-17,19H,2-3,18,20-21H2,1H3,(H,32,36)/b25-19+. The highest BCUT2D eigenvalue weighted by Crippen LogP contribution is 2.39. The summed E-state index contributed by atoms with van der Waals surface area (Å²) in [4.78, 5) is 43.4. The Bertz CT molecular complexity index is 1260. The lowest BCUT2D eigenvalue weighted by molar-refractivity contribution is -0.138. The summed E-state index contributed by atoms with van der Waals surface area (Å²) in [5.74, 6) is -1.21. The molecular weight excluding hydrogens is 472 g/mol. The van der Waals surface area contributed by atoms with Crippen molar-refractivity contribution in [1.82, 2.24) is 10.2 Å². The van der Waals surface area contributed by atoms with Gasteiger partial charge in [-0.05, 0) is 47.9 Å². The van der Waals surface area contributed by atoms with Crippen molar-refractivity contribution in [1.29, 1.82) is 0 Å². The van der Waals surface area contributed by atoms with Gasteiger partial charge in [0.25, 0.3) is 11.8 Å². The predicted octanol–water partition coefficient (Wildman–Crippen LogP) is 5.69. The van der Waals surface area contributed by atoms with Gasteiger partial charge in [-0.2, -0.15) is 0 Å². The van der Waals surface area contributed by atoms with Gasteiger partial charge in [-0.15, -0.1) is 0 Å². The lowest BCUT2D eigenvalue weighted by Gasteiger charge is -2.35. The van der Waals surface area contributed by atoms with Gasteiger partial charge in [0.2, 0.25) is 0 Å². The summed E-state index contributed by atoms with van der Waals surface area (Å²) in [5, 5.41) is 3.43. The van der Waals surface area contributed by atoms with Crippen LogP contribution in [-0.2, 0) is 16.1 Å². The third-order valence-corrected chi connectivity index (χ3v) is 6.68. The molecule has 5 nitrogen and oxygen atoms in total. The zero-order valence-corrected chi connectivity index (χ0v) is 21.0. The number of unbranched alkanes of at least 4 members (excludes halogenated alkanes) is 1. The molecule has 1 aliphatic rings. The quantitative estimate of drug-likeness (QED) is 0.177. The molecule has 3 aromatic rings. The Kier molecular flexibility index (Phi) is 8.01. The number of carbonyl (C=O) groups is 3. The van der Waals surface area contributed by atoms with E-state index in [1.807, 2.05) is 67.6 Å². The summed E-state index contributed by atoms with van der Waals surface area (Å²) < 4.78 is 0. The average Bonchev–Trinajstić information content (AvgIpc) is 3.17. The molecule has 184 valence electrons. The molecule has 1 aliphatic heterocycles. The van der Waals surface area contributed by atoms with E-state index in [2.05, 4.69) is 5.32 Å². The van der Waals surface area contributed by atoms with Crippen molar-refractivity contribution in [2.24, 2.45) is 0 Å². The monoisotopic (exact) mass is 500 g/mol. The van der Waals surface area contributed by atoms with Crippen LogP contribution in [0.4, 0.5) is 0 Å². The van der Waals surface area contributed by atoms with Crippen LogP contribution in [0, 0.1) is 0 Å². The number of rotatable bonds is 9. The summed E-state index contributed by atoms with van der Waals surface area (Å²) in [6.07, 6.45) is 3.42. The first-order valence-electron chi connectivity index (χ1n) is 12.2. The third kappa shape index (κ3) is 5.26. The van der Waals surface area contributed by atoms with Gasteiger partial charge in [0.05, 0.1) is 0 Å².